The quantitative estimate of drug-likeness (QED) is 0.399. The van der Waals surface area contributed by atoms with Gasteiger partial charge in [-0.3, -0.25) is 5.41 Å². The lowest BCUT2D eigenvalue weighted by Gasteiger charge is -2.23. The van der Waals surface area contributed by atoms with E-state index >= 15 is 4.39 Å². The third-order valence-electron chi connectivity index (χ3n) is 4.95. The minimum atomic E-state index is -0.755. The third-order valence-corrected chi connectivity index (χ3v) is 5.62. The lowest BCUT2D eigenvalue weighted by atomic mass is 10.0. The van der Waals surface area contributed by atoms with E-state index in [0.717, 1.165) is 5.56 Å². The van der Waals surface area contributed by atoms with Crippen LogP contribution in [0.3, 0.4) is 0 Å². The average Bonchev–Trinajstić information content (AvgIpc) is 3.09. The molecule has 4 rings (SSSR count). The molecule has 0 amide bonds. The van der Waals surface area contributed by atoms with Crippen molar-refractivity contribution in [1.82, 2.24) is 10.1 Å². The molecule has 1 aliphatic heterocycles. The number of halogens is 1. The zero-order valence-corrected chi connectivity index (χ0v) is 18.7. The van der Waals surface area contributed by atoms with E-state index in [-0.39, 0.29) is 22.1 Å². The first kappa shape index (κ1) is 21.9. The zero-order valence-electron chi connectivity index (χ0n) is 17.9. The van der Waals surface area contributed by atoms with Crippen LogP contribution < -0.4 is 19.5 Å². The normalized spacial score (nSPS) is 13.9. The monoisotopic (exact) mass is 458 g/mol. The van der Waals surface area contributed by atoms with Crippen LogP contribution in [0.1, 0.15) is 23.9 Å². The van der Waals surface area contributed by atoms with Crippen LogP contribution in [0.4, 0.5) is 10.1 Å². The fraction of sp³-hybridized carbons (Fsp3) is 0.318. The molecular weight excluding hydrogens is 435 g/mol. The van der Waals surface area contributed by atoms with Crippen molar-refractivity contribution in [3.63, 3.8) is 0 Å². The Morgan fingerprint density at radius 3 is 2.56 bits per heavy atom. The van der Waals surface area contributed by atoms with E-state index in [4.69, 9.17) is 24.1 Å². The van der Waals surface area contributed by atoms with Gasteiger partial charge in [0.25, 0.3) is 0 Å². The highest BCUT2D eigenvalue weighted by atomic mass is 32.2. The molecule has 0 saturated carbocycles. The smallest absolute Gasteiger partial charge is 0.223 e. The average molecular weight is 459 g/mol. The molecule has 1 aromatic heterocycles. The predicted octanol–water partition coefficient (Wildman–Crippen LogP) is 4.85. The van der Waals surface area contributed by atoms with Gasteiger partial charge in [0, 0.05) is 30.2 Å². The van der Waals surface area contributed by atoms with Gasteiger partial charge < -0.3 is 24.1 Å². The summed E-state index contributed by atoms with van der Waals surface area (Å²) >= 11 is 1.22. The lowest BCUT2D eigenvalue weighted by molar-refractivity contribution is 0.288. The molecule has 10 heteroatoms. The highest BCUT2D eigenvalue weighted by Gasteiger charge is 2.29. The first-order valence-electron chi connectivity index (χ1n) is 9.97. The molecule has 0 saturated heterocycles. The molecule has 1 aliphatic rings. The van der Waals surface area contributed by atoms with Crippen LogP contribution in [0, 0.1) is 18.2 Å². The summed E-state index contributed by atoms with van der Waals surface area (Å²) in [5, 5.41) is 15.8. The number of nitrogens with zero attached hydrogens (tertiary/aromatic N) is 2. The molecule has 168 valence electrons. The molecule has 3 aromatic rings. The van der Waals surface area contributed by atoms with Gasteiger partial charge in [0.2, 0.25) is 23.2 Å². The Morgan fingerprint density at radius 2 is 1.94 bits per heavy atom. The molecule has 2 heterocycles. The molecule has 8 nitrogen and oxygen atoms in total. The molecule has 0 spiro atoms. The Bertz CT molecular complexity index is 1120. The van der Waals surface area contributed by atoms with Gasteiger partial charge in [0.05, 0.1) is 25.4 Å². The van der Waals surface area contributed by atoms with E-state index in [1.54, 1.807) is 19.2 Å². The number of aryl methyl sites for hydroxylation is 1. The van der Waals surface area contributed by atoms with E-state index < -0.39 is 11.9 Å². The summed E-state index contributed by atoms with van der Waals surface area (Å²) in [6, 6.07) is 8.10. The van der Waals surface area contributed by atoms with Crippen molar-refractivity contribution < 1.29 is 23.1 Å². The number of benzene rings is 2. The molecule has 0 bridgehead atoms. The van der Waals surface area contributed by atoms with Crippen LogP contribution in [0.2, 0.25) is 0 Å². The van der Waals surface area contributed by atoms with Crippen molar-refractivity contribution in [1.29, 1.82) is 5.41 Å². The fourth-order valence-electron chi connectivity index (χ4n) is 3.35. The van der Waals surface area contributed by atoms with Crippen molar-refractivity contribution in [2.45, 2.75) is 19.4 Å². The topological polar surface area (TPSA) is 102 Å². The predicted molar refractivity (Wildman–Crippen MR) is 121 cm³/mol. The summed E-state index contributed by atoms with van der Waals surface area (Å²) in [5.41, 5.74) is 1.72. The van der Waals surface area contributed by atoms with E-state index in [1.165, 1.54) is 18.9 Å². The van der Waals surface area contributed by atoms with Crippen LogP contribution in [0.25, 0.3) is 11.4 Å². The van der Waals surface area contributed by atoms with Gasteiger partial charge in [0.1, 0.15) is 6.04 Å². The summed E-state index contributed by atoms with van der Waals surface area (Å²) in [7, 11) is 1.49. The lowest BCUT2D eigenvalue weighted by Crippen LogP contribution is -2.20. The Morgan fingerprint density at radius 1 is 1.22 bits per heavy atom. The molecule has 0 radical (unpaired) electrons. The summed E-state index contributed by atoms with van der Waals surface area (Å²) in [5.74, 6) is 1.02. The standard InChI is InChI=1S/C22H23FN4O4S/c1-12-25-22(27-31-12)13-5-7-14(8-6-13)26-18(21(24)32-3)15-11-16(28-2)19-20(17(15)23)30-10-4-9-29-19/h5-8,11,18,24,26H,4,9-10H2,1-3H3. The molecule has 2 aromatic carbocycles. The zero-order chi connectivity index (χ0) is 22.7. The minimum Gasteiger partial charge on any atom is -0.493 e. The number of hydrogen-bond donors (Lipinski definition) is 2. The Balaban J connectivity index is 1.69. The fourth-order valence-corrected chi connectivity index (χ4v) is 3.77. The number of ether oxygens (including phenoxy) is 3. The Labute approximate surface area is 189 Å². The van der Waals surface area contributed by atoms with Gasteiger partial charge >= 0.3 is 0 Å². The largest absolute Gasteiger partial charge is 0.493 e. The number of fused-ring (bicyclic) bond motifs is 1. The van der Waals surface area contributed by atoms with Gasteiger partial charge in [-0.25, -0.2) is 4.39 Å². The summed E-state index contributed by atoms with van der Waals surface area (Å²) in [4.78, 5) is 4.22. The van der Waals surface area contributed by atoms with Crippen molar-refractivity contribution in [2.75, 3.05) is 31.9 Å². The molecule has 0 aliphatic carbocycles. The molecule has 0 fully saturated rings. The molecule has 32 heavy (non-hydrogen) atoms. The van der Waals surface area contributed by atoms with Gasteiger partial charge in [-0.15, -0.1) is 11.8 Å². The maximum Gasteiger partial charge on any atom is 0.223 e. The van der Waals surface area contributed by atoms with Crippen molar-refractivity contribution >= 4 is 22.5 Å². The summed E-state index contributed by atoms with van der Waals surface area (Å²) in [6.07, 6.45) is 2.41. The van der Waals surface area contributed by atoms with Crippen molar-refractivity contribution in [3.05, 3.63) is 47.6 Å². The molecule has 1 unspecified atom stereocenters. The number of anilines is 1. The van der Waals surface area contributed by atoms with Crippen LogP contribution in [0.15, 0.2) is 34.9 Å². The first-order valence-corrected chi connectivity index (χ1v) is 11.2. The van der Waals surface area contributed by atoms with Crippen LogP contribution in [-0.2, 0) is 0 Å². The minimum absolute atomic E-state index is 0.0142. The Hall–Kier alpha value is -3.27. The van der Waals surface area contributed by atoms with Gasteiger partial charge in [-0.2, -0.15) is 4.98 Å². The number of methoxy groups -OCH3 is 1. The number of hydrogen-bond acceptors (Lipinski definition) is 9. The highest BCUT2D eigenvalue weighted by molar-refractivity contribution is 8.13. The van der Waals surface area contributed by atoms with Gasteiger partial charge in [-0.05, 0) is 36.6 Å². The van der Waals surface area contributed by atoms with Crippen molar-refractivity contribution in [3.8, 4) is 28.6 Å². The SMILES string of the molecule is COc1cc(C(Nc2ccc(-c3noc(C)n3)cc2)C(=N)SC)c(F)c2c1OCCCO2. The van der Waals surface area contributed by atoms with Crippen LogP contribution >= 0.6 is 11.8 Å². The second-order valence-electron chi connectivity index (χ2n) is 7.05. The maximum atomic E-state index is 15.6. The van der Waals surface area contributed by atoms with Crippen molar-refractivity contribution in [2.24, 2.45) is 0 Å². The summed E-state index contributed by atoms with van der Waals surface area (Å²) in [6.45, 7) is 2.48. The molecule has 2 N–H and O–H groups in total. The van der Waals surface area contributed by atoms with E-state index in [0.29, 0.717) is 42.8 Å². The van der Waals surface area contributed by atoms with Crippen LogP contribution in [0.5, 0.6) is 17.2 Å². The Kier molecular flexibility index (Phi) is 6.50. The van der Waals surface area contributed by atoms with Gasteiger partial charge in [-0.1, -0.05) is 5.16 Å². The molecular formula is C22H23FN4O4S. The van der Waals surface area contributed by atoms with E-state index in [2.05, 4.69) is 15.5 Å². The number of aromatic nitrogens is 2. The second kappa shape index (κ2) is 9.47. The summed E-state index contributed by atoms with van der Waals surface area (Å²) < 4.78 is 37.3. The van der Waals surface area contributed by atoms with Crippen LogP contribution in [-0.4, -0.2) is 41.8 Å². The number of thioether (sulfide) groups is 1. The number of nitrogens with one attached hydrogen (secondary N) is 2. The maximum absolute atomic E-state index is 15.6. The first-order chi connectivity index (χ1) is 15.5. The van der Waals surface area contributed by atoms with Gasteiger partial charge in [0.15, 0.2) is 11.6 Å². The second-order valence-corrected chi connectivity index (χ2v) is 7.90. The highest BCUT2D eigenvalue weighted by Crippen LogP contribution is 2.45. The molecule has 1 atom stereocenters. The number of rotatable bonds is 6. The van der Waals surface area contributed by atoms with E-state index in [1.807, 2.05) is 24.3 Å². The third kappa shape index (κ3) is 4.36. The van der Waals surface area contributed by atoms with E-state index in [9.17, 15) is 0 Å².